The summed E-state index contributed by atoms with van der Waals surface area (Å²) < 4.78 is 5.76. The summed E-state index contributed by atoms with van der Waals surface area (Å²) in [6.07, 6.45) is 0.470. The van der Waals surface area contributed by atoms with Crippen molar-refractivity contribution in [3.05, 3.63) is 51.4 Å². The first-order chi connectivity index (χ1) is 14.0. The largest absolute Gasteiger partial charge is 0.373 e. The van der Waals surface area contributed by atoms with Gasteiger partial charge in [-0.05, 0) is 19.9 Å². The third kappa shape index (κ3) is 4.69. The van der Waals surface area contributed by atoms with E-state index in [4.69, 9.17) is 4.74 Å². The molecule has 2 aromatic heterocycles. The van der Waals surface area contributed by atoms with E-state index in [2.05, 4.69) is 39.2 Å². The van der Waals surface area contributed by atoms with E-state index in [0.717, 1.165) is 25.3 Å². The number of nitrogens with one attached hydrogen (secondary N) is 2. The quantitative estimate of drug-likeness (QED) is 0.665. The van der Waals surface area contributed by atoms with Gasteiger partial charge in [-0.25, -0.2) is 10.1 Å². The van der Waals surface area contributed by atoms with Gasteiger partial charge in [-0.1, -0.05) is 18.2 Å². The van der Waals surface area contributed by atoms with Crippen molar-refractivity contribution < 1.29 is 9.53 Å². The van der Waals surface area contributed by atoms with Crippen LogP contribution in [0, 0.1) is 0 Å². The van der Waals surface area contributed by atoms with Crippen LogP contribution in [0.25, 0.3) is 10.8 Å². The Morgan fingerprint density at radius 2 is 2.00 bits per heavy atom. The first-order valence-electron chi connectivity index (χ1n) is 9.56. The highest BCUT2D eigenvalue weighted by Crippen LogP contribution is 2.20. The molecule has 8 nitrogen and oxygen atoms in total. The molecular weight excluding hydrogens is 390 g/mol. The number of morpholine rings is 1. The number of fused-ring (bicyclic) bond motifs is 1. The van der Waals surface area contributed by atoms with Gasteiger partial charge in [0.15, 0.2) is 5.13 Å². The second-order valence-electron chi connectivity index (χ2n) is 7.37. The predicted molar refractivity (Wildman–Crippen MR) is 112 cm³/mol. The molecule has 2 N–H and O–H groups in total. The molecule has 3 heterocycles. The Hall–Kier alpha value is -2.62. The Labute approximate surface area is 171 Å². The fourth-order valence-corrected chi connectivity index (χ4v) is 4.42. The van der Waals surface area contributed by atoms with E-state index in [1.54, 1.807) is 18.2 Å². The van der Waals surface area contributed by atoms with Crippen molar-refractivity contribution in [2.75, 3.05) is 18.4 Å². The molecule has 152 valence electrons. The average Bonchev–Trinajstić information content (AvgIpc) is 3.10. The van der Waals surface area contributed by atoms with Gasteiger partial charge in [-0.15, -0.1) is 11.3 Å². The summed E-state index contributed by atoms with van der Waals surface area (Å²) in [5.74, 6) is -0.218. The van der Waals surface area contributed by atoms with E-state index in [0.29, 0.717) is 21.6 Å². The number of amides is 1. The molecule has 1 aromatic carbocycles. The number of thiazole rings is 1. The molecule has 1 aliphatic heterocycles. The molecule has 3 aromatic rings. The highest BCUT2D eigenvalue weighted by molar-refractivity contribution is 7.13. The number of nitrogens with zero attached hydrogens (tertiary/aromatic N) is 3. The summed E-state index contributed by atoms with van der Waals surface area (Å²) in [7, 11) is 0. The Balaban J connectivity index is 1.40. The SMILES string of the molecule is CC1CN(Cc2csc(NC(=O)Cc3n[nH]c(=O)c4ccccc34)n2)CC(C)O1. The van der Waals surface area contributed by atoms with Crippen molar-refractivity contribution in [2.24, 2.45) is 0 Å². The third-order valence-electron chi connectivity index (χ3n) is 4.78. The lowest BCUT2D eigenvalue weighted by Crippen LogP contribution is -2.44. The van der Waals surface area contributed by atoms with Crippen molar-refractivity contribution in [1.29, 1.82) is 0 Å². The number of carbonyl (C=O) groups is 1. The van der Waals surface area contributed by atoms with Gasteiger partial charge in [0.25, 0.3) is 5.56 Å². The molecule has 2 atom stereocenters. The number of hydrogen-bond acceptors (Lipinski definition) is 7. The minimum Gasteiger partial charge on any atom is -0.373 e. The monoisotopic (exact) mass is 413 g/mol. The maximum Gasteiger partial charge on any atom is 0.272 e. The number of carbonyl (C=O) groups excluding carboxylic acids is 1. The van der Waals surface area contributed by atoms with E-state index in [9.17, 15) is 9.59 Å². The maximum absolute atomic E-state index is 12.5. The Morgan fingerprint density at radius 1 is 1.28 bits per heavy atom. The number of aromatic amines is 1. The van der Waals surface area contributed by atoms with Crippen LogP contribution in [-0.2, 0) is 22.5 Å². The highest BCUT2D eigenvalue weighted by atomic mass is 32.1. The molecule has 29 heavy (non-hydrogen) atoms. The number of H-pyrrole nitrogens is 1. The van der Waals surface area contributed by atoms with Crippen molar-refractivity contribution in [1.82, 2.24) is 20.1 Å². The van der Waals surface area contributed by atoms with Crippen LogP contribution in [0.15, 0.2) is 34.4 Å². The molecule has 4 rings (SSSR count). The van der Waals surface area contributed by atoms with E-state index in [-0.39, 0.29) is 30.1 Å². The lowest BCUT2D eigenvalue weighted by atomic mass is 10.1. The van der Waals surface area contributed by atoms with Gasteiger partial charge in [0, 0.05) is 30.4 Å². The molecule has 0 spiro atoms. The first-order valence-corrected chi connectivity index (χ1v) is 10.4. The normalized spacial score (nSPS) is 20.1. The smallest absolute Gasteiger partial charge is 0.272 e. The summed E-state index contributed by atoms with van der Waals surface area (Å²) in [6, 6.07) is 7.13. The molecule has 0 radical (unpaired) electrons. The predicted octanol–water partition coefficient (Wildman–Crippen LogP) is 2.17. The van der Waals surface area contributed by atoms with Crippen molar-refractivity contribution in [2.45, 2.75) is 39.0 Å². The van der Waals surface area contributed by atoms with Crippen LogP contribution in [0.1, 0.15) is 25.2 Å². The Kier molecular flexibility index (Phi) is 5.70. The second kappa shape index (κ2) is 8.40. The van der Waals surface area contributed by atoms with Gasteiger partial charge in [0.1, 0.15) is 0 Å². The zero-order valence-corrected chi connectivity index (χ0v) is 17.2. The average molecular weight is 414 g/mol. The first kappa shape index (κ1) is 19.7. The van der Waals surface area contributed by atoms with Gasteiger partial charge in [0.05, 0.1) is 35.4 Å². The second-order valence-corrected chi connectivity index (χ2v) is 8.22. The number of anilines is 1. The molecule has 1 amide bonds. The molecule has 1 aliphatic rings. The summed E-state index contributed by atoms with van der Waals surface area (Å²) in [5.41, 5.74) is 1.20. The van der Waals surface area contributed by atoms with E-state index in [1.165, 1.54) is 11.3 Å². The topological polar surface area (TPSA) is 100 Å². The van der Waals surface area contributed by atoms with Crippen LogP contribution >= 0.6 is 11.3 Å². The van der Waals surface area contributed by atoms with E-state index < -0.39 is 0 Å². The molecule has 2 unspecified atom stereocenters. The number of ether oxygens (including phenoxy) is 1. The van der Waals surface area contributed by atoms with E-state index in [1.807, 2.05) is 11.4 Å². The molecule has 1 saturated heterocycles. The lowest BCUT2D eigenvalue weighted by molar-refractivity contribution is -0.115. The molecule has 9 heteroatoms. The zero-order chi connectivity index (χ0) is 20.4. The van der Waals surface area contributed by atoms with Gasteiger partial charge in [0.2, 0.25) is 5.91 Å². The van der Waals surface area contributed by atoms with Gasteiger partial charge in [-0.2, -0.15) is 5.10 Å². The fraction of sp³-hybridized carbons (Fsp3) is 0.400. The number of rotatable bonds is 5. The Bertz CT molecular complexity index is 1070. The molecule has 1 fully saturated rings. The van der Waals surface area contributed by atoms with Crippen LogP contribution in [0.5, 0.6) is 0 Å². The van der Waals surface area contributed by atoms with Crippen LogP contribution < -0.4 is 10.9 Å². The summed E-state index contributed by atoms with van der Waals surface area (Å²) >= 11 is 1.41. The maximum atomic E-state index is 12.5. The summed E-state index contributed by atoms with van der Waals surface area (Å²) in [6.45, 7) is 6.62. The summed E-state index contributed by atoms with van der Waals surface area (Å²) in [5, 5.41) is 13.1. The summed E-state index contributed by atoms with van der Waals surface area (Å²) in [4.78, 5) is 31.2. The van der Waals surface area contributed by atoms with E-state index >= 15 is 0 Å². The number of hydrogen-bond donors (Lipinski definition) is 2. The van der Waals surface area contributed by atoms with Crippen LogP contribution in [0.2, 0.25) is 0 Å². The fourth-order valence-electron chi connectivity index (χ4n) is 3.70. The Morgan fingerprint density at radius 3 is 2.76 bits per heavy atom. The zero-order valence-electron chi connectivity index (χ0n) is 16.3. The minimum absolute atomic E-state index is 0.0602. The molecule has 0 saturated carbocycles. The minimum atomic E-state index is -0.263. The van der Waals surface area contributed by atoms with Crippen LogP contribution in [0.3, 0.4) is 0 Å². The van der Waals surface area contributed by atoms with Gasteiger partial charge in [-0.3, -0.25) is 14.5 Å². The molecule has 0 bridgehead atoms. The molecule has 0 aliphatic carbocycles. The van der Waals surface area contributed by atoms with Gasteiger partial charge < -0.3 is 10.1 Å². The lowest BCUT2D eigenvalue weighted by Gasteiger charge is -2.34. The van der Waals surface area contributed by atoms with Crippen LogP contribution in [0.4, 0.5) is 5.13 Å². The van der Waals surface area contributed by atoms with Crippen molar-refractivity contribution in [3.8, 4) is 0 Å². The van der Waals surface area contributed by atoms with Crippen molar-refractivity contribution >= 4 is 33.1 Å². The number of benzene rings is 1. The van der Waals surface area contributed by atoms with Crippen molar-refractivity contribution in [3.63, 3.8) is 0 Å². The van der Waals surface area contributed by atoms with Gasteiger partial charge >= 0.3 is 0 Å². The number of aromatic nitrogens is 3. The van der Waals surface area contributed by atoms with Crippen LogP contribution in [-0.4, -0.2) is 51.3 Å². The molecular formula is C20H23N5O3S. The standard InChI is InChI=1S/C20H23N5O3S/c1-12-8-25(9-13(2)28-12)10-14-11-29-20(21-14)22-18(26)7-17-15-5-3-4-6-16(15)19(27)24-23-17/h3-6,11-13H,7-10H2,1-2H3,(H,24,27)(H,21,22,26). The highest BCUT2D eigenvalue weighted by Gasteiger charge is 2.23. The third-order valence-corrected chi connectivity index (χ3v) is 5.59.